The number of hydrogen-bond acceptors (Lipinski definition) is 7. The molecule has 3 aliphatic rings. The fourth-order valence-corrected chi connectivity index (χ4v) is 7.06. The first-order valence-electron chi connectivity index (χ1n) is 16.4. The SMILES string of the molecule is CC(C)(C)NC(=O)N[C@H](C(=O)N1C[C@H]2[C@@H]([C@H]1C(=O)N[C@@H](C[C@@H]1CCNC1=O)C(=O)c1nc(-c3ccccc3)co1)C2(C)C)C(C)(C)C. The van der Waals surface area contributed by atoms with Crippen molar-refractivity contribution in [1.29, 1.82) is 0 Å². The minimum absolute atomic E-state index is 0.0662. The number of urea groups is 1. The quantitative estimate of drug-likeness (QED) is 0.302. The van der Waals surface area contributed by atoms with Gasteiger partial charge in [-0.3, -0.25) is 19.2 Å². The summed E-state index contributed by atoms with van der Waals surface area (Å²) in [7, 11) is 0. The van der Waals surface area contributed by atoms with Gasteiger partial charge in [-0.25, -0.2) is 9.78 Å². The molecule has 5 amide bonds. The van der Waals surface area contributed by atoms with E-state index in [1.54, 1.807) is 4.90 Å². The number of Topliss-reactive ketones (excluding diaryl/α,β-unsaturated/α-hetero) is 1. The number of nitrogens with zero attached hydrogens (tertiary/aromatic N) is 2. The maximum Gasteiger partial charge on any atom is 0.315 e. The highest BCUT2D eigenvalue weighted by Crippen LogP contribution is 2.65. The molecule has 0 bridgehead atoms. The first-order chi connectivity index (χ1) is 21.9. The Bertz CT molecular complexity index is 1540. The molecule has 1 saturated carbocycles. The minimum atomic E-state index is -1.11. The van der Waals surface area contributed by atoms with Crippen LogP contribution in [0, 0.1) is 28.6 Å². The van der Waals surface area contributed by atoms with E-state index in [4.69, 9.17) is 4.42 Å². The molecule has 5 rings (SSSR count). The third-order valence-electron chi connectivity index (χ3n) is 9.74. The van der Waals surface area contributed by atoms with E-state index in [1.807, 2.05) is 71.9 Å². The van der Waals surface area contributed by atoms with E-state index in [0.717, 1.165) is 5.56 Å². The Morgan fingerprint density at radius 1 is 1.06 bits per heavy atom. The molecule has 2 saturated heterocycles. The molecule has 3 heterocycles. The zero-order valence-corrected chi connectivity index (χ0v) is 28.6. The lowest BCUT2D eigenvalue weighted by molar-refractivity contribution is -0.143. The average molecular weight is 649 g/mol. The molecule has 1 aromatic heterocycles. The van der Waals surface area contributed by atoms with Crippen LogP contribution in [0.25, 0.3) is 11.3 Å². The number of carbonyl (C=O) groups excluding carboxylic acids is 5. The molecule has 254 valence electrons. The van der Waals surface area contributed by atoms with Gasteiger partial charge in [0.05, 0.1) is 6.04 Å². The Morgan fingerprint density at radius 2 is 1.74 bits per heavy atom. The van der Waals surface area contributed by atoms with Gasteiger partial charge < -0.3 is 30.6 Å². The minimum Gasteiger partial charge on any atom is -0.442 e. The van der Waals surface area contributed by atoms with Gasteiger partial charge in [0.2, 0.25) is 23.5 Å². The lowest BCUT2D eigenvalue weighted by Gasteiger charge is -2.38. The van der Waals surface area contributed by atoms with Crippen molar-refractivity contribution < 1.29 is 28.4 Å². The van der Waals surface area contributed by atoms with Crippen LogP contribution >= 0.6 is 0 Å². The van der Waals surface area contributed by atoms with E-state index in [9.17, 15) is 24.0 Å². The number of hydrogen-bond donors (Lipinski definition) is 4. The summed E-state index contributed by atoms with van der Waals surface area (Å²) in [5.41, 5.74) is -0.119. The summed E-state index contributed by atoms with van der Waals surface area (Å²) in [4.78, 5) is 73.9. The van der Waals surface area contributed by atoms with Gasteiger partial charge in [-0.05, 0) is 56.3 Å². The van der Waals surface area contributed by atoms with E-state index in [1.165, 1.54) is 6.26 Å². The number of benzene rings is 1. The number of oxazole rings is 1. The molecular formula is C35H48N6O6. The van der Waals surface area contributed by atoms with Crippen LogP contribution in [0.3, 0.4) is 0 Å². The summed E-state index contributed by atoms with van der Waals surface area (Å²) in [6.07, 6.45) is 1.99. The van der Waals surface area contributed by atoms with Crippen molar-refractivity contribution >= 4 is 29.5 Å². The van der Waals surface area contributed by atoms with Crippen LogP contribution in [0.4, 0.5) is 4.79 Å². The predicted molar refractivity (Wildman–Crippen MR) is 175 cm³/mol. The van der Waals surface area contributed by atoms with E-state index < -0.39 is 52.7 Å². The Labute approximate surface area is 276 Å². The van der Waals surface area contributed by atoms with Crippen molar-refractivity contribution in [3.05, 3.63) is 42.5 Å². The van der Waals surface area contributed by atoms with Gasteiger partial charge >= 0.3 is 6.03 Å². The summed E-state index contributed by atoms with van der Waals surface area (Å²) < 4.78 is 5.60. The normalized spacial score (nSPS) is 24.5. The molecule has 1 aromatic carbocycles. The molecule has 0 radical (unpaired) electrons. The number of piperidine rings is 1. The molecule has 12 heteroatoms. The number of carbonyl (C=O) groups is 5. The molecule has 0 spiro atoms. The first-order valence-corrected chi connectivity index (χ1v) is 16.4. The third kappa shape index (κ3) is 7.21. The Hall–Kier alpha value is -4.22. The zero-order valence-electron chi connectivity index (χ0n) is 28.6. The van der Waals surface area contributed by atoms with Gasteiger partial charge in [0.15, 0.2) is 0 Å². The van der Waals surface area contributed by atoms with Gasteiger partial charge in [0, 0.05) is 30.1 Å². The molecule has 2 aromatic rings. The fourth-order valence-electron chi connectivity index (χ4n) is 7.06. The van der Waals surface area contributed by atoms with Crippen LogP contribution in [0.5, 0.6) is 0 Å². The molecule has 12 nitrogen and oxygen atoms in total. The zero-order chi connectivity index (χ0) is 34.5. The summed E-state index contributed by atoms with van der Waals surface area (Å²) in [5, 5.41) is 11.4. The molecule has 3 fully saturated rings. The Kier molecular flexibility index (Phi) is 9.02. The first kappa shape index (κ1) is 34.1. The summed E-state index contributed by atoms with van der Waals surface area (Å²) in [6, 6.07) is 5.91. The Morgan fingerprint density at radius 3 is 2.34 bits per heavy atom. The highest BCUT2D eigenvalue weighted by atomic mass is 16.3. The Balaban J connectivity index is 1.40. The standard InChI is InChI=1S/C35H48N6O6/c1-33(2,3)27(39-32(46)40-34(4,5)6)31(45)41-17-21-24(35(21,7)8)25(41)29(44)37-22(16-20-14-15-36-28(20)43)26(42)30-38-23(18-47-30)19-12-10-9-11-13-19/h9-13,18,20-22,24-25,27H,14-17H2,1-8H3,(H,36,43)(H,37,44)(H2,39,40,46)/t20-,21-,22-,24-,25-,27+/m0/s1. The van der Waals surface area contributed by atoms with Crippen molar-refractivity contribution in [3.63, 3.8) is 0 Å². The largest absolute Gasteiger partial charge is 0.442 e. The molecular weight excluding hydrogens is 600 g/mol. The van der Waals surface area contributed by atoms with Gasteiger partial charge in [-0.2, -0.15) is 0 Å². The van der Waals surface area contributed by atoms with Crippen molar-refractivity contribution in [3.8, 4) is 11.3 Å². The lowest BCUT2D eigenvalue weighted by Crippen LogP contribution is -2.62. The van der Waals surface area contributed by atoms with Crippen molar-refractivity contribution in [1.82, 2.24) is 31.2 Å². The van der Waals surface area contributed by atoms with E-state index in [2.05, 4.69) is 40.1 Å². The smallest absolute Gasteiger partial charge is 0.315 e. The van der Waals surface area contributed by atoms with Gasteiger partial charge in [-0.15, -0.1) is 0 Å². The molecule has 4 N–H and O–H groups in total. The number of likely N-dealkylation sites (tertiary alicyclic amines) is 1. The van der Waals surface area contributed by atoms with Crippen LogP contribution in [0.1, 0.15) is 78.9 Å². The number of nitrogens with one attached hydrogen (secondary N) is 4. The average Bonchev–Trinajstić information content (AvgIpc) is 3.53. The third-order valence-corrected chi connectivity index (χ3v) is 9.74. The number of amides is 5. The highest BCUT2D eigenvalue weighted by molar-refractivity contribution is 6.01. The van der Waals surface area contributed by atoms with Crippen molar-refractivity contribution in [2.45, 2.75) is 91.9 Å². The van der Waals surface area contributed by atoms with Crippen molar-refractivity contribution in [2.24, 2.45) is 28.6 Å². The van der Waals surface area contributed by atoms with Crippen LogP contribution in [-0.4, -0.2) is 76.2 Å². The van der Waals surface area contributed by atoms with E-state index in [-0.39, 0.29) is 41.4 Å². The van der Waals surface area contributed by atoms with Crippen LogP contribution in [0.2, 0.25) is 0 Å². The lowest BCUT2D eigenvalue weighted by atomic mass is 9.85. The summed E-state index contributed by atoms with van der Waals surface area (Å²) in [5.74, 6) is -2.25. The van der Waals surface area contributed by atoms with E-state index >= 15 is 0 Å². The number of ketones is 1. The van der Waals surface area contributed by atoms with Crippen LogP contribution in [-0.2, 0) is 14.4 Å². The topological polar surface area (TPSA) is 163 Å². The van der Waals surface area contributed by atoms with Gasteiger partial charge in [0.25, 0.3) is 5.89 Å². The molecule has 47 heavy (non-hydrogen) atoms. The van der Waals surface area contributed by atoms with Crippen LogP contribution in [0.15, 0.2) is 41.0 Å². The number of aromatic nitrogens is 1. The fraction of sp³-hybridized carbons (Fsp3) is 0.600. The maximum atomic E-state index is 14.3. The maximum absolute atomic E-state index is 14.3. The highest BCUT2D eigenvalue weighted by Gasteiger charge is 2.70. The number of rotatable bonds is 9. The number of fused-ring (bicyclic) bond motifs is 1. The molecule has 0 unspecified atom stereocenters. The molecule has 6 atom stereocenters. The molecule has 1 aliphatic carbocycles. The second-order valence-corrected chi connectivity index (χ2v) is 15.9. The van der Waals surface area contributed by atoms with Gasteiger partial charge in [0.1, 0.15) is 24.0 Å². The van der Waals surface area contributed by atoms with E-state index in [0.29, 0.717) is 25.2 Å². The second-order valence-electron chi connectivity index (χ2n) is 15.9. The summed E-state index contributed by atoms with van der Waals surface area (Å²) >= 11 is 0. The van der Waals surface area contributed by atoms with Crippen LogP contribution < -0.4 is 21.3 Å². The van der Waals surface area contributed by atoms with Gasteiger partial charge in [-0.1, -0.05) is 65.0 Å². The monoisotopic (exact) mass is 648 g/mol. The summed E-state index contributed by atoms with van der Waals surface area (Å²) in [6.45, 7) is 16.1. The van der Waals surface area contributed by atoms with Crippen molar-refractivity contribution in [2.75, 3.05) is 13.1 Å². The second kappa shape index (κ2) is 12.4. The predicted octanol–water partition coefficient (Wildman–Crippen LogP) is 3.53. The molecule has 2 aliphatic heterocycles.